The molecule has 0 aliphatic carbocycles. The largest absolute Gasteiger partial charge is 0.356 e. The minimum Gasteiger partial charge on any atom is -0.356 e. The number of benzene rings is 2. The Hall–Kier alpha value is -2.77. The number of aromatic nitrogens is 1. The molecule has 1 amide bonds. The molecule has 1 atom stereocenters. The van der Waals surface area contributed by atoms with Crippen LogP contribution in [0.1, 0.15) is 22.4 Å². The van der Waals surface area contributed by atoms with Gasteiger partial charge in [0.1, 0.15) is 16.8 Å². The highest BCUT2D eigenvalue weighted by Gasteiger charge is 2.13. The lowest BCUT2D eigenvalue weighted by molar-refractivity contribution is -0.116. The van der Waals surface area contributed by atoms with Gasteiger partial charge < -0.3 is 10.3 Å². The van der Waals surface area contributed by atoms with Crippen LogP contribution in [0.5, 0.6) is 0 Å². The van der Waals surface area contributed by atoms with Crippen LogP contribution in [0.4, 0.5) is 4.39 Å². The molecule has 3 aromatic rings. The van der Waals surface area contributed by atoms with E-state index in [-0.39, 0.29) is 11.7 Å². The van der Waals surface area contributed by atoms with E-state index in [9.17, 15) is 13.4 Å². The van der Waals surface area contributed by atoms with Crippen molar-refractivity contribution in [2.75, 3.05) is 6.54 Å². The van der Waals surface area contributed by atoms with Crippen molar-refractivity contribution in [3.63, 3.8) is 0 Å². The van der Waals surface area contributed by atoms with Crippen LogP contribution in [-0.4, -0.2) is 21.6 Å². The maximum atomic E-state index is 14.0. The van der Waals surface area contributed by atoms with Crippen LogP contribution in [-0.2, 0) is 22.2 Å². The van der Waals surface area contributed by atoms with Gasteiger partial charge in [-0.15, -0.1) is 0 Å². The second kappa shape index (κ2) is 8.50. The van der Waals surface area contributed by atoms with Gasteiger partial charge in [0.05, 0.1) is 10.4 Å². The summed E-state index contributed by atoms with van der Waals surface area (Å²) in [4.78, 5) is 15.7. The average molecular weight is 399 g/mol. The highest BCUT2D eigenvalue weighted by Crippen LogP contribution is 2.27. The van der Waals surface area contributed by atoms with Crippen molar-refractivity contribution >= 4 is 33.9 Å². The summed E-state index contributed by atoms with van der Waals surface area (Å²) in [6.45, 7) is 4.28. The predicted molar refractivity (Wildman–Crippen MR) is 111 cm³/mol. The van der Waals surface area contributed by atoms with E-state index < -0.39 is 11.0 Å². The normalized spacial score (nSPS) is 12.6. The van der Waals surface area contributed by atoms with Crippen LogP contribution in [0.2, 0.25) is 0 Å². The van der Waals surface area contributed by atoms with E-state index in [0.29, 0.717) is 23.4 Å². The number of fused-ring (bicyclic) bond motifs is 1. The zero-order chi connectivity index (χ0) is 20.3. The van der Waals surface area contributed by atoms with Crippen LogP contribution in [0, 0.1) is 19.7 Å². The van der Waals surface area contributed by atoms with E-state index in [0.717, 1.165) is 27.8 Å². The van der Waals surface area contributed by atoms with Crippen LogP contribution in [0.25, 0.3) is 17.0 Å². The molecule has 3 rings (SSSR count). The number of amides is 1. The molecule has 0 saturated heterocycles. The molecule has 2 aromatic carbocycles. The molecule has 0 radical (unpaired) electrons. The first-order chi connectivity index (χ1) is 13.4. The summed E-state index contributed by atoms with van der Waals surface area (Å²) in [5, 5.41) is 9.08. The minimum absolute atomic E-state index is 0.236. The minimum atomic E-state index is -1.56. The fourth-order valence-corrected chi connectivity index (χ4v) is 3.71. The summed E-state index contributed by atoms with van der Waals surface area (Å²) in [6, 6.07) is 10.1. The Bertz CT molecular complexity index is 1090. The molecule has 0 aliphatic rings. The van der Waals surface area contributed by atoms with Crippen LogP contribution < -0.4 is 10.5 Å². The predicted octanol–water partition coefficient (Wildman–Crippen LogP) is 3.28. The number of carbonyl (C=O) groups excluding carboxylic acids is 1. The zero-order valence-electron chi connectivity index (χ0n) is 15.7. The molecule has 5 nitrogen and oxygen atoms in total. The first-order valence-corrected chi connectivity index (χ1v) is 10.1. The molecule has 146 valence electrons. The van der Waals surface area contributed by atoms with Gasteiger partial charge in [-0.25, -0.2) is 13.7 Å². The molecule has 4 N–H and O–H groups in total. The molecule has 1 aromatic heterocycles. The fourth-order valence-electron chi connectivity index (χ4n) is 3.24. The fraction of sp³-hybridized carbons (Fsp3) is 0.190. The van der Waals surface area contributed by atoms with Crippen molar-refractivity contribution in [1.29, 1.82) is 0 Å². The Kier molecular flexibility index (Phi) is 6.06. The molecule has 1 unspecified atom stereocenters. The third-order valence-electron chi connectivity index (χ3n) is 4.62. The number of nitrogens with one attached hydrogen (secondary N) is 2. The molecule has 28 heavy (non-hydrogen) atoms. The lowest BCUT2D eigenvalue weighted by Gasteiger charge is -2.05. The number of H-pyrrole nitrogens is 1. The maximum absolute atomic E-state index is 14.0. The van der Waals surface area contributed by atoms with Crippen molar-refractivity contribution in [3.8, 4) is 0 Å². The van der Waals surface area contributed by atoms with Gasteiger partial charge in [-0.05, 0) is 61.2 Å². The van der Waals surface area contributed by atoms with Gasteiger partial charge in [0, 0.05) is 23.7 Å². The molecular weight excluding hydrogens is 377 g/mol. The molecule has 0 spiro atoms. The van der Waals surface area contributed by atoms with Crippen LogP contribution in [0.3, 0.4) is 0 Å². The number of hydrogen-bond donors (Lipinski definition) is 3. The lowest BCUT2D eigenvalue weighted by atomic mass is 10.0. The van der Waals surface area contributed by atoms with Crippen molar-refractivity contribution in [2.24, 2.45) is 5.14 Å². The van der Waals surface area contributed by atoms with Crippen molar-refractivity contribution in [2.45, 2.75) is 25.2 Å². The van der Waals surface area contributed by atoms with Gasteiger partial charge in [0.2, 0.25) is 5.91 Å². The number of hydrogen-bond acceptors (Lipinski definition) is 2. The topological polar surface area (TPSA) is 88.0 Å². The Balaban J connectivity index is 1.64. The van der Waals surface area contributed by atoms with E-state index >= 15 is 0 Å². The molecule has 7 heteroatoms. The summed E-state index contributed by atoms with van der Waals surface area (Å²) in [6.07, 6.45) is 3.66. The number of rotatable bonds is 6. The van der Waals surface area contributed by atoms with Crippen molar-refractivity contribution in [3.05, 3.63) is 70.7 Å². The third kappa shape index (κ3) is 4.37. The number of aryl methyl sites for hydroxylation is 2. The van der Waals surface area contributed by atoms with E-state index in [4.69, 9.17) is 5.14 Å². The van der Waals surface area contributed by atoms with Crippen molar-refractivity contribution in [1.82, 2.24) is 10.3 Å². The van der Waals surface area contributed by atoms with Gasteiger partial charge in [-0.3, -0.25) is 4.79 Å². The number of carbonyl (C=O) groups is 1. The second-order valence-corrected chi connectivity index (χ2v) is 7.65. The van der Waals surface area contributed by atoms with E-state index in [2.05, 4.69) is 10.3 Å². The Morgan fingerprint density at radius 3 is 2.82 bits per heavy atom. The van der Waals surface area contributed by atoms with Crippen molar-refractivity contribution < 1.29 is 13.4 Å². The zero-order valence-corrected chi connectivity index (χ0v) is 16.5. The van der Waals surface area contributed by atoms with Gasteiger partial charge in [-0.2, -0.15) is 0 Å². The van der Waals surface area contributed by atoms with E-state index in [1.54, 1.807) is 36.4 Å². The Morgan fingerprint density at radius 2 is 2.07 bits per heavy atom. The molecular formula is C21H22FN3O2S. The Labute approximate surface area is 165 Å². The monoisotopic (exact) mass is 399 g/mol. The maximum Gasteiger partial charge on any atom is 0.244 e. The molecule has 0 bridgehead atoms. The highest BCUT2D eigenvalue weighted by atomic mass is 32.2. The molecule has 0 fully saturated rings. The van der Waals surface area contributed by atoms with Gasteiger partial charge >= 0.3 is 0 Å². The quantitative estimate of drug-likeness (QED) is 0.556. The first-order valence-electron chi connectivity index (χ1n) is 8.85. The standard InChI is InChI=1S/C21H22FN3O2S/c1-13-6-8-18(22)21-20(13)17(14(2)25-21)10-11-24-19(26)9-7-15-4-3-5-16(12-15)28(23)27/h3-9,12,25H,10-11,23H2,1-2H3,(H,24,26)/b9-7+. The summed E-state index contributed by atoms with van der Waals surface area (Å²) >= 11 is 0. The second-order valence-electron chi connectivity index (χ2n) is 6.59. The van der Waals surface area contributed by atoms with Crippen LogP contribution in [0.15, 0.2) is 47.4 Å². The van der Waals surface area contributed by atoms with Gasteiger partial charge in [0.15, 0.2) is 0 Å². The summed E-state index contributed by atoms with van der Waals surface area (Å²) in [5.41, 5.74) is 4.16. The van der Waals surface area contributed by atoms with Gasteiger partial charge in [-0.1, -0.05) is 18.2 Å². The summed E-state index contributed by atoms with van der Waals surface area (Å²) in [5.74, 6) is -0.512. The number of halogens is 1. The number of nitrogens with two attached hydrogens (primary N) is 1. The summed E-state index contributed by atoms with van der Waals surface area (Å²) < 4.78 is 25.3. The first kappa shape index (κ1) is 20.0. The van der Waals surface area contributed by atoms with Gasteiger partial charge in [0.25, 0.3) is 0 Å². The molecule has 1 heterocycles. The SMILES string of the molecule is Cc1[nH]c2c(F)ccc(C)c2c1CCNC(=O)/C=C/c1cccc(S(N)=O)c1. The third-order valence-corrected chi connectivity index (χ3v) is 5.34. The summed E-state index contributed by atoms with van der Waals surface area (Å²) in [7, 11) is -1.56. The van der Waals surface area contributed by atoms with E-state index in [1.807, 2.05) is 13.8 Å². The number of aromatic amines is 1. The smallest absolute Gasteiger partial charge is 0.244 e. The van der Waals surface area contributed by atoms with Crippen LogP contribution >= 0.6 is 0 Å². The lowest BCUT2D eigenvalue weighted by Crippen LogP contribution is -2.23. The Morgan fingerprint density at radius 1 is 1.29 bits per heavy atom. The molecule has 0 saturated carbocycles. The van der Waals surface area contributed by atoms with E-state index in [1.165, 1.54) is 12.1 Å². The average Bonchev–Trinajstić information content (AvgIpc) is 3.01. The highest BCUT2D eigenvalue weighted by molar-refractivity contribution is 7.82. The molecule has 0 aliphatic heterocycles.